The van der Waals surface area contributed by atoms with Crippen LogP contribution in [0.3, 0.4) is 0 Å². The van der Waals surface area contributed by atoms with Crippen LogP contribution in [0.1, 0.15) is 32.9 Å². The summed E-state index contributed by atoms with van der Waals surface area (Å²) in [6, 6.07) is 15.8. The second-order valence-corrected chi connectivity index (χ2v) is 7.11. The highest BCUT2D eigenvalue weighted by Gasteiger charge is 2.18. The zero-order valence-corrected chi connectivity index (χ0v) is 16.8. The van der Waals surface area contributed by atoms with Gasteiger partial charge in [0.2, 0.25) is 0 Å². The van der Waals surface area contributed by atoms with Crippen molar-refractivity contribution in [2.24, 2.45) is 0 Å². The maximum absolute atomic E-state index is 12.9. The van der Waals surface area contributed by atoms with E-state index in [1.165, 1.54) is 0 Å². The number of hydrogen-bond donors (Lipinski definition) is 1. The summed E-state index contributed by atoms with van der Waals surface area (Å²) in [6.07, 6.45) is 5.37. The predicted octanol–water partition coefficient (Wildman–Crippen LogP) is 4.29. The maximum Gasteiger partial charge on any atom is 0.258 e. The smallest absolute Gasteiger partial charge is 0.258 e. The molecule has 0 unspecified atom stereocenters. The van der Waals surface area contributed by atoms with Gasteiger partial charge in [-0.05, 0) is 56.2 Å². The first kappa shape index (κ1) is 18.7. The number of carbonyl (C=O) groups excluding carboxylic acids is 1. The Morgan fingerprint density at radius 1 is 1.03 bits per heavy atom. The molecule has 0 fully saturated rings. The third kappa shape index (κ3) is 3.82. The lowest BCUT2D eigenvalue weighted by Gasteiger charge is -2.12. The highest BCUT2D eigenvalue weighted by atomic mass is 16.1. The number of aryl methyl sites for hydroxylation is 2. The fourth-order valence-corrected chi connectivity index (χ4v) is 3.55. The Morgan fingerprint density at radius 3 is 2.55 bits per heavy atom. The van der Waals surface area contributed by atoms with Gasteiger partial charge in [0, 0.05) is 41.7 Å². The van der Waals surface area contributed by atoms with Crippen molar-refractivity contribution in [2.45, 2.75) is 27.3 Å². The summed E-state index contributed by atoms with van der Waals surface area (Å²) in [4.78, 5) is 16.9. The molecule has 29 heavy (non-hydrogen) atoms. The number of rotatable bonds is 5. The number of hydrogen-bond acceptors (Lipinski definition) is 3. The maximum atomic E-state index is 12.9. The molecule has 0 spiro atoms. The molecule has 0 saturated carbocycles. The number of pyridine rings is 1. The molecule has 4 aromatic rings. The van der Waals surface area contributed by atoms with Gasteiger partial charge in [-0.15, -0.1) is 0 Å². The number of nitrogens with zero attached hydrogens (tertiary/aromatic N) is 4. The van der Waals surface area contributed by atoms with Crippen LogP contribution in [0, 0.1) is 20.8 Å². The van der Waals surface area contributed by atoms with Crippen LogP contribution in [0.25, 0.3) is 5.69 Å². The first-order valence-electron chi connectivity index (χ1n) is 9.51. The van der Waals surface area contributed by atoms with Crippen molar-refractivity contribution < 1.29 is 4.79 Å². The largest absolute Gasteiger partial charge is 0.317 e. The lowest BCUT2D eigenvalue weighted by Crippen LogP contribution is -2.14. The van der Waals surface area contributed by atoms with Gasteiger partial charge in [0.1, 0.15) is 0 Å². The van der Waals surface area contributed by atoms with Crippen LogP contribution in [0.4, 0.5) is 5.82 Å². The number of nitrogens with one attached hydrogen (secondary N) is 1. The summed E-state index contributed by atoms with van der Waals surface area (Å²) < 4.78 is 3.91. The second-order valence-electron chi connectivity index (χ2n) is 7.11. The van der Waals surface area contributed by atoms with Gasteiger partial charge in [0.05, 0.1) is 12.1 Å². The highest BCUT2D eigenvalue weighted by Crippen LogP contribution is 2.23. The number of anilines is 1. The molecular formula is C23H23N5O. The zero-order valence-electron chi connectivity index (χ0n) is 16.8. The summed E-state index contributed by atoms with van der Waals surface area (Å²) in [6.45, 7) is 6.68. The van der Waals surface area contributed by atoms with E-state index in [0.717, 1.165) is 28.2 Å². The minimum absolute atomic E-state index is 0.160. The summed E-state index contributed by atoms with van der Waals surface area (Å²) in [5, 5.41) is 7.37. The average molecular weight is 385 g/mol. The van der Waals surface area contributed by atoms with Crippen molar-refractivity contribution >= 4 is 11.7 Å². The number of amides is 1. The minimum atomic E-state index is -0.160. The number of benzene rings is 1. The molecule has 0 aliphatic carbocycles. The SMILES string of the molecule is Cc1ccccc1-n1c(C)cc(C(=O)Nc2ccn(Cc3ccncc3)n2)c1C. The number of carbonyl (C=O) groups is 1. The topological polar surface area (TPSA) is 64.7 Å². The third-order valence-electron chi connectivity index (χ3n) is 5.01. The van der Waals surface area contributed by atoms with E-state index in [0.29, 0.717) is 17.9 Å². The summed E-state index contributed by atoms with van der Waals surface area (Å²) >= 11 is 0. The van der Waals surface area contributed by atoms with Gasteiger partial charge in [-0.3, -0.25) is 14.5 Å². The summed E-state index contributed by atoms with van der Waals surface area (Å²) in [7, 11) is 0. The standard InChI is InChI=1S/C23H23N5O/c1-16-6-4-5-7-21(16)28-17(2)14-20(18(28)3)23(29)25-22-10-13-27(26-22)15-19-8-11-24-12-9-19/h4-14H,15H2,1-3H3,(H,25,26,29). The van der Waals surface area contributed by atoms with Crippen molar-refractivity contribution in [3.05, 3.63) is 95.2 Å². The molecule has 6 heteroatoms. The Kier molecular flexibility index (Phi) is 4.99. The zero-order chi connectivity index (χ0) is 20.4. The van der Waals surface area contributed by atoms with Gasteiger partial charge in [0.15, 0.2) is 5.82 Å². The Hall–Kier alpha value is -3.67. The van der Waals surface area contributed by atoms with Crippen LogP contribution in [0.2, 0.25) is 0 Å². The van der Waals surface area contributed by atoms with E-state index >= 15 is 0 Å². The van der Waals surface area contributed by atoms with E-state index in [2.05, 4.69) is 39.0 Å². The lowest BCUT2D eigenvalue weighted by atomic mass is 10.2. The van der Waals surface area contributed by atoms with Crippen LogP contribution < -0.4 is 5.32 Å². The first-order chi connectivity index (χ1) is 14.0. The third-order valence-corrected chi connectivity index (χ3v) is 5.01. The molecule has 1 aromatic carbocycles. The molecule has 6 nitrogen and oxygen atoms in total. The summed E-state index contributed by atoms with van der Waals surface area (Å²) in [5.74, 6) is 0.372. The van der Waals surface area contributed by atoms with Gasteiger partial charge >= 0.3 is 0 Å². The van der Waals surface area contributed by atoms with Crippen LogP contribution in [-0.2, 0) is 6.54 Å². The molecule has 3 heterocycles. The van der Waals surface area contributed by atoms with Gasteiger partial charge in [-0.2, -0.15) is 5.10 Å². The molecule has 1 amide bonds. The van der Waals surface area contributed by atoms with E-state index in [-0.39, 0.29) is 5.91 Å². The van der Waals surface area contributed by atoms with E-state index in [1.807, 2.05) is 50.4 Å². The monoisotopic (exact) mass is 385 g/mol. The lowest BCUT2D eigenvalue weighted by molar-refractivity contribution is 0.102. The molecule has 0 aliphatic rings. The normalized spacial score (nSPS) is 10.9. The fourth-order valence-electron chi connectivity index (χ4n) is 3.55. The Labute approximate surface area is 169 Å². The molecule has 0 radical (unpaired) electrons. The molecule has 0 saturated heterocycles. The predicted molar refractivity (Wildman–Crippen MR) is 113 cm³/mol. The van der Waals surface area contributed by atoms with Crippen LogP contribution >= 0.6 is 0 Å². The molecule has 1 N–H and O–H groups in total. The van der Waals surface area contributed by atoms with Crippen LogP contribution in [0.15, 0.2) is 67.1 Å². The van der Waals surface area contributed by atoms with Gasteiger partial charge < -0.3 is 9.88 Å². The fraction of sp³-hybridized carbons (Fsp3) is 0.174. The van der Waals surface area contributed by atoms with E-state index < -0.39 is 0 Å². The van der Waals surface area contributed by atoms with E-state index in [4.69, 9.17) is 0 Å². The second kappa shape index (κ2) is 7.75. The van der Waals surface area contributed by atoms with Crippen molar-refractivity contribution in [3.8, 4) is 5.69 Å². The van der Waals surface area contributed by atoms with Crippen molar-refractivity contribution in [3.63, 3.8) is 0 Å². The van der Waals surface area contributed by atoms with E-state index in [1.54, 1.807) is 23.1 Å². The minimum Gasteiger partial charge on any atom is -0.317 e. The summed E-state index contributed by atoms with van der Waals surface area (Å²) in [5.41, 5.74) is 5.92. The quantitative estimate of drug-likeness (QED) is 0.557. The number of aromatic nitrogens is 4. The number of para-hydroxylation sites is 1. The highest BCUT2D eigenvalue weighted by molar-refractivity contribution is 6.05. The molecule has 0 atom stereocenters. The first-order valence-corrected chi connectivity index (χ1v) is 9.51. The average Bonchev–Trinajstić information content (AvgIpc) is 3.27. The molecule has 0 bridgehead atoms. The van der Waals surface area contributed by atoms with Crippen molar-refractivity contribution in [2.75, 3.05) is 5.32 Å². The van der Waals surface area contributed by atoms with Crippen LogP contribution in [-0.4, -0.2) is 25.2 Å². The van der Waals surface area contributed by atoms with Crippen molar-refractivity contribution in [1.82, 2.24) is 19.3 Å². The molecule has 4 rings (SSSR count). The molecule has 3 aromatic heterocycles. The Morgan fingerprint density at radius 2 is 1.79 bits per heavy atom. The van der Waals surface area contributed by atoms with Gasteiger partial charge in [-0.25, -0.2) is 0 Å². The molecular weight excluding hydrogens is 362 g/mol. The molecule has 146 valence electrons. The van der Waals surface area contributed by atoms with E-state index in [9.17, 15) is 4.79 Å². The molecule has 0 aliphatic heterocycles. The van der Waals surface area contributed by atoms with Gasteiger partial charge in [-0.1, -0.05) is 18.2 Å². The van der Waals surface area contributed by atoms with Gasteiger partial charge in [0.25, 0.3) is 5.91 Å². The Bertz CT molecular complexity index is 1160. The van der Waals surface area contributed by atoms with Crippen molar-refractivity contribution in [1.29, 1.82) is 0 Å². The Balaban J connectivity index is 1.54. The van der Waals surface area contributed by atoms with Crippen LogP contribution in [0.5, 0.6) is 0 Å².